The molecule has 8 heteroatoms. The van der Waals surface area contributed by atoms with Gasteiger partial charge in [0.25, 0.3) is 0 Å². The van der Waals surface area contributed by atoms with E-state index >= 15 is 0 Å². The molecule has 0 saturated carbocycles. The molecule has 0 spiro atoms. The number of aryl methyl sites for hydroxylation is 1. The minimum absolute atomic E-state index is 0.00227. The summed E-state index contributed by atoms with van der Waals surface area (Å²) in [7, 11) is -3.92. The number of primary amides is 1. The van der Waals surface area contributed by atoms with Crippen LogP contribution in [0.15, 0.2) is 23.1 Å². The largest absolute Gasteiger partial charge is 0.398 e. The SMILES string of the molecule is CCc1ccc(S(=O)(=O)N2CC(O)CC2C(N)=O)cc1N. The van der Waals surface area contributed by atoms with Gasteiger partial charge in [-0.2, -0.15) is 4.31 Å². The molecule has 1 aromatic rings. The molecule has 0 bridgehead atoms. The van der Waals surface area contributed by atoms with Gasteiger partial charge in [-0.1, -0.05) is 13.0 Å². The summed E-state index contributed by atoms with van der Waals surface area (Å²) in [6.07, 6.45) is -0.195. The van der Waals surface area contributed by atoms with Gasteiger partial charge in [0.05, 0.1) is 11.0 Å². The lowest BCUT2D eigenvalue weighted by Crippen LogP contribution is -2.43. The molecule has 0 radical (unpaired) electrons. The first kappa shape index (κ1) is 15.7. The highest BCUT2D eigenvalue weighted by Gasteiger charge is 2.42. The quantitative estimate of drug-likeness (QED) is 0.642. The number of carbonyl (C=O) groups is 1. The van der Waals surface area contributed by atoms with E-state index in [1.54, 1.807) is 6.07 Å². The van der Waals surface area contributed by atoms with Crippen molar-refractivity contribution >= 4 is 21.6 Å². The zero-order chi connectivity index (χ0) is 15.8. The molecule has 2 unspecified atom stereocenters. The predicted molar refractivity (Wildman–Crippen MR) is 77.7 cm³/mol. The van der Waals surface area contributed by atoms with E-state index < -0.39 is 28.1 Å². The van der Waals surface area contributed by atoms with Gasteiger partial charge in [0.2, 0.25) is 15.9 Å². The number of carbonyl (C=O) groups excluding carboxylic acids is 1. The van der Waals surface area contributed by atoms with Gasteiger partial charge in [0.1, 0.15) is 6.04 Å². The van der Waals surface area contributed by atoms with Crippen LogP contribution in [0.25, 0.3) is 0 Å². The highest BCUT2D eigenvalue weighted by molar-refractivity contribution is 7.89. The molecular weight excluding hydrogens is 294 g/mol. The highest BCUT2D eigenvalue weighted by Crippen LogP contribution is 2.28. The molecule has 21 heavy (non-hydrogen) atoms. The van der Waals surface area contributed by atoms with Crippen molar-refractivity contribution in [3.8, 4) is 0 Å². The summed E-state index contributed by atoms with van der Waals surface area (Å²) in [5.41, 5.74) is 12.3. The van der Waals surface area contributed by atoms with E-state index in [-0.39, 0.29) is 17.9 Å². The Morgan fingerprint density at radius 3 is 2.67 bits per heavy atom. The minimum atomic E-state index is -3.92. The number of hydrogen-bond acceptors (Lipinski definition) is 5. The van der Waals surface area contributed by atoms with E-state index in [1.165, 1.54) is 12.1 Å². The summed E-state index contributed by atoms with van der Waals surface area (Å²) in [4.78, 5) is 11.4. The minimum Gasteiger partial charge on any atom is -0.398 e. The van der Waals surface area contributed by atoms with Gasteiger partial charge in [0.15, 0.2) is 0 Å². The normalized spacial score (nSPS) is 23.3. The lowest BCUT2D eigenvalue weighted by atomic mass is 10.1. The van der Waals surface area contributed by atoms with E-state index in [9.17, 15) is 18.3 Å². The maximum Gasteiger partial charge on any atom is 0.243 e. The van der Waals surface area contributed by atoms with Crippen LogP contribution in [0.2, 0.25) is 0 Å². The number of aliphatic hydroxyl groups excluding tert-OH is 1. The molecule has 1 saturated heterocycles. The van der Waals surface area contributed by atoms with Crippen LogP contribution in [0.3, 0.4) is 0 Å². The zero-order valence-electron chi connectivity index (χ0n) is 11.7. The van der Waals surface area contributed by atoms with Gasteiger partial charge >= 0.3 is 0 Å². The average Bonchev–Trinajstić information content (AvgIpc) is 2.81. The summed E-state index contributed by atoms with van der Waals surface area (Å²) in [5.74, 6) is -0.770. The third kappa shape index (κ3) is 2.87. The van der Waals surface area contributed by atoms with Crippen molar-refractivity contribution in [1.82, 2.24) is 4.31 Å². The molecule has 1 aromatic carbocycles. The number of anilines is 1. The molecule has 1 heterocycles. The van der Waals surface area contributed by atoms with Gasteiger partial charge in [-0.05, 0) is 24.1 Å². The zero-order valence-corrected chi connectivity index (χ0v) is 12.5. The lowest BCUT2D eigenvalue weighted by Gasteiger charge is -2.21. The Labute approximate surface area is 123 Å². The maximum atomic E-state index is 12.6. The second-order valence-corrected chi connectivity index (χ2v) is 6.99. The summed E-state index contributed by atoms with van der Waals surface area (Å²) in [5, 5.41) is 9.63. The Hall–Kier alpha value is -1.64. The van der Waals surface area contributed by atoms with E-state index in [2.05, 4.69) is 0 Å². The van der Waals surface area contributed by atoms with Gasteiger partial charge in [-0.15, -0.1) is 0 Å². The van der Waals surface area contributed by atoms with Gasteiger partial charge < -0.3 is 16.6 Å². The van der Waals surface area contributed by atoms with Crippen LogP contribution >= 0.6 is 0 Å². The van der Waals surface area contributed by atoms with Crippen LogP contribution in [0, 0.1) is 0 Å². The number of rotatable bonds is 4. The molecular formula is C13H19N3O4S. The topological polar surface area (TPSA) is 127 Å². The van der Waals surface area contributed by atoms with E-state index in [0.717, 1.165) is 9.87 Å². The van der Waals surface area contributed by atoms with Gasteiger partial charge in [-0.25, -0.2) is 8.42 Å². The fourth-order valence-electron chi connectivity index (χ4n) is 2.50. The molecule has 7 nitrogen and oxygen atoms in total. The summed E-state index contributed by atoms with van der Waals surface area (Å²) in [6, 6.07) is 3.44. The van der Waals surface area contributed by atoms with Gasteiger partial charge in [-0.3, -0.25) is 4.79 Å². The standard InChI is InChI=1S/C13H19N3O4S/c1-2-8-3-4-10(6-11(8)14)21(19,20)16-7-9(17)5-12(16)13(15)18/h3-4,6,9,12,17H,2,5,7,14H2,1H3,(H2,15,18). The fraction of sp³-hybridized carbons (Fsp3) is 0.462. The molecule has 1 amide bonds. The lowest BCUT2D eigenvalue weighted by molar-refractivity contribution is -0.121. The number of nitrogens with two attached hydrogens (primary N) is 2. The first-order valence-electron chi connectivity index (χ1n) is 6.65. The van der Waals surface area contributed by atoms with Crippen molar-refractivity contribution in [3.63, 3.8) is 0 Å². The molecule has 5 N–H and O–H groups in total. The second-order valence-electron chi connectivity index (χ2n) is 5.10. The van der Waals surface area contributed by atoms with Crippen LogP contribution in [0.4, 0.5) is 5.69 Å². The van der Waals surface area contributed by atoms with Crippen molar-refractivity contribution in [2.45, 2.75) is 36.8 Å². The number of nitrogen functional groups attached to an aromatic ring is 1. The molecule has 1 aliphatic rings. The Bertz CT molecular complexity index is 659. The molecule has 1 fully saturated rings. The summed E-state index contributed by atoms with van der Waals surface area (Å²) < 4.78 is 26.1. The van der Waals surface area contributed by atoms with Crippen molar-refractivity contribution < 1.29 is 18.3 Å². The molecule has 2 rings (SSSR count). The van der Waals surface area contributed by atoms with E-state index in [1.807, 2.05) is 6.92 Å². The van der Waals surface area contributed by atoms with Crippen LogP contribution in [-0.2, 0) is 21.2 Å². The Morgan fingerprint density at radius 2 is 2.14 bits per heavy atom. The number of amides is 1. The Kier molecular flexibility index (Phi) is 4.22. The number of β-amino-alcohol motifs (C(OH)–C–C–N with tert-alkyl or cyclic N) is 1. The monoisotopic (exact) mass is 313 g/mol. The molecule has 2 atom stereocenters. The first-order valence-corrected chi connectivity index (χ1v) is 8.09. The first-order chi connectivity index (χ1) is 9.77. The molecule has 116 valence electrons. The highest BCUT2D eigenvalue weighted by atomic mass is 32.2. The third-order valence-electron chi connectivity index (χ3n) is 3.67. The number of benzene rings is 1. The van der Waals surface area contributed by atoms with Crippen molar-refractivity contribution in [2.24, 2.45) is 5.73 Å². The Balaban J connectivity index is 2.42. The number of nitrogens with zero attached hydrogens (tertiary/aromatic N) is 1. The van der Waals surface area contributed by atoms with Gasteiger partial charge in [0, 0.05) is 18.7 Å². The van der Waals surface area contributed by atoms with E-state index in [0.29, 0.717) is 12.1 Å². The summed E-state index contributed by atoms with van der Waals surface area (Å²) in [6.45, 7) is 1.77. The number of aliphatic hydroxyl groups is 1. The van der Waals surface area contributed by atoms with Crippen molar-refractivity contribution in [2.75, 3.05) is 12.3 Å². The second kappa shape index (κ2) is 5.63. The van der Waals surface area contributed by atoms with Crippen LogP contribution in [-0.4, -0.2) is 42.4 Å². The number of sulfonamides is 1. The maximum absolute atomic E-state index is 12.6. The average molecular weight is 313 g/mol. The molecule has 0 aromatic heterocycles. The smallest absolute Gasteiger partial charge is 0.243 e. The third-order valence-corrected chi connectivity index (χ3v) is 5.54. The van der Waals surface area contributed by atoms with Crippen LogP contribution in [0.1, 0.15) is 18.9 Å². The number of hydrogen-bond donors (Lipinski definition) is 3. The van der Waals surface area contributed by atoms with Crippen LogP contribution < -0.4 is 11.5 Å². The van der Waals surface area contributed by atoms with Crippen molar-refractivity contribution in [3.05, 3.63) is 23.8 Å². The van der Waals surface area contributed by atoms with Crippen molar-refractivity contribution in [1.29, 1.82) is 0 Å². The van der Waals surface area contributed by atoms with Crippen LogP contribution in [0.5, 0.6) is 0 Å². The molecule has 0 aliphatic carbocycles. The predicted octanol–water partition coefficient (Wildman–Crippen LogP) is -0.560. The Morgan fingerprint density at radius 1 is 1.48 bits per heavy atom. The molecule has 1 aliphatic heterocycles. The summed E-state index contributed by atoms with van der Waals surface area (Å²) >= 11 is 0. The fourth-order valence-corrected chi connectivity index (χ4v) is 4.18. The van der Waals surface area contributed by atoms with E-state index in [4.69, 9.17) is 11.5 Å².